The van der Waals surface area contributed by atoms with Crippen molar-refractivity contribution in [1.29, 1.82) is 0 Å². The Hall–Kier alpha value is -0.460. The number of hydrogen-bond acceptors (Lipinski definition) is 5. The van der Waals surface area contributed by atoms with E-state index in [9.17, 15) is 25.5 Å². The van der Waals surface area contributed by atoms with Crippen molar-refractivity contribution in [3.05, 3.63) is 12.2 Å². The summed E-state index contributed by atoms with van der Waals surface area (Å²) in [6.07, 6.45) is 2.27. The predicted octanol–water partition coefficient (Wildman–Crippen LogP) is 3.66. The first-order valence-electron chi connectivity index (χ1n) is 13.4. The van der Waals surface area contributed by atoms with Crippen LogP contribution in [0.3, 0.4) is 0 Å². The molecule has 5 N–H and O–H groups in total. The summed E-state index contributed by atoms with van der Waals surface area (Å²) in [4.78, 5) is 0. The third kappa shape index (κ3) is 3.67. The van der Waals surface area contributed by atoms with E-state index in [1.54, 1.807) is 0 Å². The monoisotopic (exact) mass is 464 g/mol. The first-order chi connectivity index (χ1) is 15.3. The fraction of sp³-hybridized carbons (Fsp3) is 0.929. The molecule has 0 aliphatic heterocycles. The van der Waals surface area contributed by atoms with E-state index in [2.05, 4.69) is 34.3 Å². The van der Waals surface area contributed by atoms with E-state index in [-0.39, 0.29) is 30.1 Å². The van der Waals surface area contributed by atoms with Gasteiger partial charge in [-0.25, -0.2) is 0 Å². The van der Waals surface area contributed by atoms with Gasteiger partial charge >= 0.3 is 0 Å². The summed E-state index contributed by atoms with van der Waals surface area (Å²) < 4.78 is 0. The molecular weight excluding hydrogens is 416 g/mol. The van der Waals surface area contributed by atoms with Gasteiger partial charge < -0.3 is 25.5 Å². The molecule has 4 saturated carbocycles. The molecule has 0 bridgehead atoms. The zero-order valence-electron chi connectivity index (χ0n) is 21.4. The van der Waals surface area contributed by atoms with Gasteiger partial charge in [0.25, 0.3) is 0 Å². The van der Waals surface area contributed by atoms with Gasteiger partial charge in [-0.1, -0.05) is 46.8 Å². The van der Waals surface area contributed by atoms with Crippen LogP contribution >= 0.6 is 0 Å². The maximum absolute atomic E-state index is 11.6. The number of hydrogen-bond donors (Lipinski definition) is 5. The van der Waals surface area contributed by atoms with Crippen LogP contribution in [-0.4, -0.2) is 55.5 Å². The van der Waals surface area contributed by atoms with Crippen molar-refractivity contribution in [3.8, 4) is 0 Å². The summed E-state index contributed by atoms with van der Waals surface area (Å²) >= 11 is 0. The molecule has 0 amide bonds. The molecule has 4 aliphatic rings. The standard InChI is InChI=1S/C28H48O5/c1-15(2)16(3)7-8-17(4)20-9-10-21-19-12-24(32)28(33)13-18(29)11-23(31)27(28,6)25(19)22(30)14-26(20,21)5/h15,17-25,29-33H,3,7-14H2,1-2,4-6H3/t17-,18+,19+,20-,21+,22-,23-,24-,25-,26-,27-,28+/m1/s1. The highest BCUT2D eigenvalue weighted by molar-refractivity contribution is 5.21. The van der Waals surface area contributed by atoms with Crippen molar-refractivity contribution >= 4 is 0 Å². The lowest BCUT2D eigenvalue weighted by molar-refractivity contribution is -0.310. The Morgan fingerprint density at radius 3 is 2.27 bits per heavy atom. The van der Waals surface area contributed by atoms with Gasteiger partial charge in [0.2, 0.25) is 0 Å². The van der Waals surface area contributed by atoms with Crippen molar-refractivity contribution in [3.63, 3.8) is 0 Å². The normalized spacial score (nSPS) is 52.7. The van der Waals surface area contributed by atoms with E-state index in [1.165, 1.54) is 5.57 Å². The molecule has 0 aromatic rings. The minimum atomic E-state index is -1.58. The van der Waals surface area contributed by atoms with Crippen LogP contribution < -0.4 is 0 Å². The Kier molecular flexibility index (Phi) is 6.67. The SMILES string of the molecule is C=C(CC[C@@H](C)[C@H]1CC[C@H]2[C@@H]3C[C@@H](O)[C@@]4(O)C[C@@H](O)C[C@@H](O)[C@]4(C)[C@H]3[C@H](O)C[C@]12C)C(C)C. The molecule has 0 unspecified atom stereocenters. The number of allylic oxidation sites excluding steroid dienone is 1. The lowest BCUT2D eigenvalue weighted by Gasteiger charge is -2.67. The molecule has 12 atom stereocenters. The minimum Gasteiger partial charge on any atom is -0.393 e. The van der Waals surface area contributed by atoms with Gasteiger partial charge in [0.1, 0.15) is 5.60 Å². The molecule has 0 saturated heterocycles. The first kappa shape index (κ1) is 25.6. The Bertz CT molecular complexity index is 753. The van der Waals surface area contributed by atoms with Gasteiger partial charge in [-0.05, 0) is 85.9 Å². The van der Waals surface area contributed by atoms with Crippen molar-refractivity contribution < 1.29 is 25.5 Å². The average molecular weight is 465 g/mol. The summed E-state index contributed by atoms with van der Waals surface area (Å²) in [5, 5.41) is 55.9. The van der Waals surface area contributed by atoms with Crippen LogP contribution in [0, 0.1) is 46.3 Å². The fourth-order valence-corrected chi connectivity index (χ4v) is 9.32. The molecule has 4 aliphatic carbocycles. The van der Waals surface area contributed by atoms with Gasteiger partial charge in [0, 0.05) is 11.8 Å². The van der Waals surface area contributed by atoms with Gasteiger partial charge in [-0.3, -0.25) is 0 Å². The molecule has 0 radical (unpaired) electrons. The zero-order valence-corrected chi connectivity index (χ0v) is 21.4. The van der Waals surface area contributed by atoms with Crippen LogP contribution in [0.4, 0.5) is 0 Å². The second kappa shape index (κ2) is 8.58. The fourth-order valence-electron chi connectivity index (χ4n) is 9.32. The first-order valence-corrected chi connectivity index (χ1v) is 13.4. The predicted molar refractivity (Wildman–Crippen MR) is 129 cm³/mol. The summed E-state index contributed by atoms with van der Waals surface area (Å²) in [7, 11) is 0. The van der Waals surface area contributed by atoms with E-state index >= 15 is 0 Å². The van der Waals surface area contributed by atoms with Gasteiger partial charge in [-0.15, -0.1) is 0 Å². The Labute approximate surface area is 200 Å². The van der Waals surface area contributed by atoms with Crippen molar-refractivity contribution in [2.24, 2.45) is 46.3 Å². The summed E-state index contributed by atoms with van der Waals surface area (Å²) in [6.45, 7) is 15.2. The zero-order chi connectivity index (χ0) is 24.5. The van der Waals surface area contributed by atoms with E-state index in [1.807, 2.05) is 6.92 Å². The maximum atomic E-state index is 11.6. The number of fused-ring (bicyclic) bond motifs is 5. The Morgan fingerprint density at radius 1 is 0.970 bits per heavy atom. The van der Waals surface area contributed by atoms with Gasteiger partial charge in [-0.2, -0.15) is 0 Å². The summed E-state index contributed by atoms with van der Waals surface area (Å²) in [5.41, 5.74) is -1.32. The molecule has 0 spiro atoms. The number of rotatable bonds is 5. The number of aliphatic hydroxyl groups excluding tert-OH is 4. The molecule has 33 heavy (non-hydrogen) atoms. The van der Waals surface area contributed by atoms with Crippen molar-refractivity contribution in [1.82, 2.24) is 0 Å². The maximum Gasteiger partial charge on any atom is 0.101 e. The van der Waals surface area contributed by atoms with E-state index in [4.69, 9.17) is 0 Å². The van der Waals surface area contributed by atoms with E-state index < -0.39 is 35.4 Å². The van der Waals surface area contributed by atoms with E-state index in [0.29, 0.717) is 36.5 Å². The van der Waals surface area contributed by atoms with Gasteiger partial charge in [0.15, 0.2) is 0 Å². The summed E-state index contributed by atoms with van der Waals surface area (Å²) in [5.74, 6) is 1.71. The van der Waals surface area contributed by atoms with Crippen LogP contribution in [0.25, 0.3) is 0 Å². The minimum absolute atomic E-state index is 0.0101. The molecule has 5 nitrogen and oxygen atoms in total. The molecule has 0 aromatic heterocycles. The topological polar surface area (TPSA) is 101 Å². The molecule has 4 rings (SSSR count). The van der Waals surface area contributed by atoms with Crippen LogP contribution in [0.1, 0.15) is 86.0 Å². The molecule has 0 aromatic carbocycles. The smallest absolute Gasteiger partial charge is 0.101 e. The second-order valence-corrected chi connectivity index (χ2v) is 13.2. The van der Waals surface area contributed by atoms with Crippen LogP contribution in [0.5, 0.6) is 0 Å². The summed E-state index contributed by atoms with van der Waals surface area (Å²) in [6, 6.07) is 0. The van der Waals surface area contributed by atoms with Crippen LogP contribution in [0.15, 0.2) is 12.2 Å². The lowest BCUT2D eigenvalue weighted by Crippen LogP contribution is -2.74. The highest BCUT2D eigenvalue weighted by Crippen LogP contribution is 2.69. The quantitative estimate of drug-likeness (QED) is 0.400. The molecule has 5 heteroatoms. The van der Waals surface area contributed by atoms with Crippen molar-refractivity contribution in [2.75, 3.05) is 0 Å². The third-order valence-corrected chi connectivity index (χ3v) is 11.4. The number of aliphatic hydroxyl groups is 5. The Balaban J connectivity index is 1.61. The van der Waals surface area contributed by atoms with Gasteiger partial charge in [0.05, 0.1) is 24.4 Å². The lowest BCUT2D eigenvalue weighted by atomic mass is 9.41. The molecule has 0 heterocycles. The third-order valence-electron chi connectivity index (χ3n) is 11.4. The van der Waals surface area contributed by atoms with Crippen LogP contribution in [0.2, 0.25) is 0 Å². The second-order valence-electron chi connectivity index (χ2n) is 13.2. The molecular formula is C28H48O5. The van der Waals surface area contributed by atoms with Crippen LogP contribution in [-0.2, 0) is 0 Å². The van der Waals surface area contributed by atoms with E-state index in [0.717, 1.165) is 25.7 Å². The average Bonchev–Trinajstić information content (AvgIpc) is 3.05. The van der Waals surface area contributed by atoms with Crippen molar-refractivity contribution in [2.45, 2.75) is 116 Å². The highest BCUT2D eigenvalue weighted by Gasteiger charge is 2.72. The largest absolute Gasteiger partial charge is 0.393 e. The Morgan fingerprint density at radius 2 is 1.64 bits per heavy atom. The molecule has 190 valence electrons. The highest BCUT2D eigenvalue weighted by atomic mass is 16.4. The molecule has 4 fully saturated rings.